The molecule has 0 amide bonds. The van der Waals surface area contributed by atoms with Gasteiger partial charge in [0.05, 0.1) is 13.2 Å². The predicted molar refractivity (Wildman–Crippen MR) is 91.2 cm³/mol. The number of benzene rings is 1. The molecule has 3 atom stereocenters. The Labute approximate surface area is 138 Å². The Morgan fingerprint density at radius 3 is 2.09 bits per heavy atom. The quantitative estimate of drug-likeness (QED) is 0.689. The largest absolute Gasteiger partial charge is 0.493 e. The minimum Gasteiger partial charge on any atom is -0.493 e. The predicted octanol–water partition coefficient (Wildman–Crippen LogP) is 3.42. The summed E-state index contributed by atoms with van der Waals surface area (Å²) in [6, 6.07) is 4.93. The molecule has 0 bridgehead atoms. The van der Waals surface area contributed by atoms with Gasteiger partial charge in [-0.2, -0.15) is 0 Å². The van der Waals surface area contributed by atoms with Crippen LogP contribution in [0.3, 0.4) is 0 Å². The number of carboxylic acid groups (broad SMARTS) is 1. The number of rotatable bonds is 10. The van der Waals surface area contributed by atoms with Gasteiger partial charge in [-0.25, -0.2) is 0 Å². The molecule has 0 fully saturated rings. The van der Waals surface area contributed by atoms with Crippen LogP contribution >= 0.6 is 0 Å². The van der Waals surface area contributed by atoms with Crippen LogP contribution in [0.15, 0.2) is 18.2 Å². The maximum atomic E-state index is 11.1. The number of carboxylic acids is 1. The molecule has 0 saturated heterocycles. The Bertz CT molecular complexity index is 480. The molecule has 1 aromatic carbocycles. The number of nitrogens with two attached hydrogens (primary N) is 1. The highest BCUT2D eigenvalue weighted by atomic mass is 16.5. The van der Waals surface area contributed by atoms with Gasteiger partial charge in [-0.1, -0.05) is 26.3 Å². The molecule has 23 heavy (non-hydrogen) atoms. The molecule has 0 aliphatic carbocycles. The summed E-state index contributed by atoms with van der Waals surface area (Å²) in [5.74, 6) is 0.872. The molecule has 0 heterocycles. The van der Waals surface area contributed by atoms with E-state index < -0.39 is 12.0 Å². The van der Waals surface area contributed by atoms with E-state index in [2.05, 4.69) is 13.8 Å². The van der Waals surface area contributed by atoms with Crippen LogP contribution in [0, 0.1) is 5.92 Å². The lowest BCUT2D eigenvalue weighted by Crippen LogP contribution is -2.33. The lowest BCUT2D eigenvalue weighted by molar-refractivity contribution is -0.139. The molecule has 0 spiro atoms. The van der Waals surface area contributed by atoms with Crippen molar-refractivity contribution in [1.82, 2.24) is 0 Å². The molecule has 0 aromatic heterocycles. The average molecular weight is 323 g/mol. The van der Waals surface area contributed by atoms with Crippen molar-refractivity contribution in [2.45, 2.75) is 52.5 Å². The fraction of sp³-hybridized carbons (Fsp3) is 0.611. The zero-order chi connectivity index (χ0) is 17.4. The van der Waals surface area contributed by atoms with Crippen LogP contribution < -0.4 is 15.2 Å². The first-order valence-electron chi connectivity index (χ1n) is 8.32. The van der Waals surface area contributed by atoms with E-state index in [0.717, 1.165) is 23.5 Å². The molecule has 5 nitrogen and oxygen atoms in total. The van der Waals surface area contributed by atoms with Crippen molar-refractivity contribution in [2.75, 3.05) is 13.2 Å². The van der Waals surface area contributed by atoms with Crippen molar-refractivity contribution in [3.8, 4) is 11.5 Å². The van der Waals surface area contributed by atoms with Gasteiger partial charge in [0.15, 0.2) is 0 Å². The van der Waals surface area contributed by atoms with Crippen molar-refractivity contribution in [3.63, 3.8) is 0 Å². The molecular formula is C18H29NO4. The first-order chi connectivity index (χ1) is 11.0. The fourth-order valence-electron chi connectivity index (χ4n) is 2.92. The molecule has 1 aromatic rings. The normalized spacial score (nSPS) is 14.8. The Kier molecular flexibility index (Phi) is 7.89. The van der Waals surface area contributed by atoms with Crippen molar-refractivity contribution in [1.29, 1.82) is 0 Å². The van der Waals surface area contributed by atoms with Crippen molar-refractivity contribution >= 4 is 5.97 Å². The monoisotopic (exact) mass is 323 g/mol. The molecular weight excluding hydrogens is 294 g/mol. The van der Waals surface area contributed by atoms with E-state index in [1.165, 1.54) is 0 Å². The SMILES string of the molecule is CCOc1cccc(OCC)c1C(C)C(CC)CC(N)C(=O)O. The maximum Gasteiger partial charge on any atom is 0.320 e. The third kappa shape index (κ3) is 5.13. The summed E-state index contributed by atoms with van der Waals surface area (Å²) in [6.07, 6.45) is 1.27. The van der Waals surface area contributed by atoms with Crippen LogP contribution in [0.2, 0.25) is 0 Å². The van der Waals surface area contributed by atoms with Gasteiger partial charge in [-0.05, 0) is 44.2 Å². The summed E-state index contributed by atoms with van der Waals surface area (Å²) in [4.78, 5) is 11.1. The average Bonchev–Trinajstić information content (AvgIpc) is 2.52. The lowest BCUT2D eigenvalue weighted by atomic mass is 9.81. The highest BCUT2D eigenvalue weighted by Crippen LogP contribution is 2.41. The minimum atomic E-state index is -0.959. The molecule has 3 unspecified atom stereocenters. The number of aliphatic carboxylic acids is 1. The van der Waals surface area contributed by atoms with E-state index in [0.29, 0.717) is 19.6 Å². The topological polar surface area (TPSA) is 81.8 Å². The van der Waals surface area contributed by atoms with Gasteiger partial charge in [-0.15, -0.1) is 0 Å². The Hall–Kier alpha value is -1.75. The molecule has 0 saturated carbocycles. The maximum absolute atomic E-state index is 11.1. The van der Waals surface area contributed by atoms with E-state index in [9.17, 15) is 4.79 Å². The van der Waals surface area contributed by atoms with E-state index in [1.807, 2.05) is 32.0 Å². The second-order valence-corrected chi connectivity index (χ2v) is 5.67. The van der Waals surface area contributed by atoms with Gasteiger partial charge in [0.2, 0.25) is 0 Å². The zero-order valence-corrected chi connectivity index (χ0v) is 14.5. The van der Waals surface area contributed by atoms with Crippen molar-refractivity contribution in [2.24, 2.45) is 11.7 Å². The summed E-state index contributed by atoms with van der Waals surface area (Å²) >= 11 is 0. The van der Waals surface area contributed by atoms with Crippen LogP contribution in [0.5, 0.6) is 11.5 Å². The standard InChI is InChI=1S/C18H29NO4/c1-5-13(11-14(19)18(20)21)12(4)17-15(22-6-2)9-8-10-16(17)23-7-3/h8-10,12-14H,5-7,11,19H2,1-4H3,(H,20,21). The molecule has 0 aliphatic heterocycles. The fourth-order valence-corrected chi connectivity index (χ4v) is 2.92. The summed E-state index contributed by atoms with van der Waals surface area (Å²) in [7, 11) is 0. The Balaban J connectivity index is 3.15. The van der Waals surface area contributed by atoms with Crippen molar-refractivity contribution in [3.05, 3.63) is 23.8 Å². The summed E-state index contributed by atoms with van der Waals surface area (Å²) in [5, 5.41) is 9.08. The van der Waals surface area contributed by atoms with Gasteiger partial charge in [0.25, 0.3) is 0 Å². The molecule has 130 valence electrons. The number of hydrogen-bond donors (Lipinski definition) is 2. The van der Waals surface area contributed by atoms with Crippen LogP contribution in [-0.4, -0.2) is 30.3 Å². The molecule has 0 aliphatic rings. The smallest absolute Gasteiger partial charge is 0.320 e. The van der Waals surface area contributed by atoms with E-state index in [4.69, 9.17) is 20.3 Å². The summed E-state index contributed by atoms with van der Waals surface area (Å²) < 4.78 is 11.5. The Morgan fingerprint density at radius 2 is 1.70 bits per heavy atom. The van der Waals surface area contributed by atoms with E-state index in [-0.39, 0.29) is 11.8 Å². The first kappa shape index (κ1) is 19.3. The van der Waals surface area contributed by atoms with Crippen LogP contribution in [0.4, 0.5) is 0 Å². The van der Waals surface area contributed by atoms with E-state index >= 15 is 0 Å². The molecule has 3 N–H and O–H groups in total. The molecule has 5 heteroatoms. The zero-order valence-electron chi connectivity index (χ0n) is 14.5. The lowest BCUT2D eigenvalue weighted by Gasteiger charge is -2.28. The third-order valence-corrected chi connectivity index (χ3v) is 4.19. The van der Waals surface area contributed by atoms with Crippen LogP contribution in [-0.2, 0) is 4.79 Å². The summed E-state index contributed by atoms with van der Waals surface area (Å²) in [5.41, 5.74) is 6.74. The van der Waals surface area contributed by atoms with Crippen molar-refractivity contribution < 1.29 is 19.4 Å². The minimum absolute atomic E-state index is 0.0923. The number of hydrogen-bond acceptors (Lipinski definition) is 4. The number of carbonyl (C=O) groups is 1. The van der Waals surface area contributed by atoms with Gasteiger partial charge < -0.3 is 20.3 Å². The summed E-state index contributed by atoms with van der Waals surface area (Å²) in [6.45, 7) is 9.17. The van der Waals surface area contributed by atoms with Gasteiger partial charge in [0.1, 0.15) is 17.5 Å². The molecule has 0 radical (unpaired) electrons. The number of ether oxygens (including phenoxy) is 2. The van der Waals surface area contributed by atoms with Gasteiger partial charge in [0, 0.05) is 5.56 Å². The third-order valence-electron chi connectivity index (χ3n) is 4.19. The Morgan fingerprint density at radius 1 is 1.17 bits per heavy atom. The van der Waals surface area contributed by atoms with Gasteiger partial charge in [-0.3, -0.25) is 4.79 Å². The van der Waals surface area contributed by atoms with E-state index in [1.54, 1.807) is 0 Å². The highest BCUT2D eigenvalue weighted by molar-refractivity contribution is 5.73. The first-order valence-corrected chi connectivity index (χ1v) is 8.32. The molecule has 1 rings (SSSR count). The van der Waals surface area contributed by atoms with Crippen LogP contribution in [0.1, 0.15) is 52.0 Å². The second kappa shape index (κ2) is 9.40. The van der Waals surface area contributed by atoms with Gasteiger partial charge >= 0.3 is 5.97 Å². The highest BCUT2D eigenvalue weighted by Gasteiger charge is 2.27. The second-order valence-electron chi connectivity index (χ2n) is 5.67. The van der Waals surface area contributed by atoms with Crippen LogP contribution in [0.25, 0.3) is 0 Å².